The molecule has 2 N–H and O–H groups in total. The van der Waals surface area contributed by atoms with Gasteiger partial charge in [0.1, 0.15) is 4.60 Å². The summed E-state index contributed by atoms with van der Waals surface area (Å²) in [6, 6.07) is 2.73. The third-order valence-electron chi connectivity index (χ3n) is 3.12. The van der Waals surface area contributed by atoms with E-state index in [1.165, 1.54) is 18.7 Å². The largest absolute Gasteiger partial charge is 0.369 e. The zero-order valence-electron chi connectivity index (χ0n) is 9.96. The Labute approximate surface area is 106 Å². The van der Waals surface area contributed by atoms with Crippen molar-refractivity contribution in [3.8, 4) is 0 Å². The van der Waals surface area contributed by atoms with E-state index in [0.717, 1.165) is 23.6 Å². The molecule has 0 spiro atoms. The van der Waals surface area contributed by atoms with E-state index >= 15 is 0 Å². The molecule has 1 aromatic rings. The molecule has 0 aromatic carbocycles. The topological polar surface area (TPSA) is 31.1 Å². The van der Waals surface area contributed by atoms with Gasteiger partial charge in [-0.25, -0.2) is 0 Å². The number of halogens is 1. The molecule has 4 heteroatoms. The van der Waals surface area contributed by atoms with Crippen LogP contribution in [0.2, 0.25) is 0 Å². The number of hydrogen-bond acceptors (Lipinski definition) is 2. The maximum atomic E-state index is 3.55. The lowest BCUT2D eigenvalue weighted by atomic mass is 10.1. The highest BCUT2D eigenvalue weighted by molar-refractivity contribution is 9.10. The number of H-pyrrole nitrogens is 1. The fraction of sp³-hybridized carbons (Fsp3) is 0.667. The summed E-state index contributed by atoms with van der Waals surface area (Å²) in [5.41, 5.74) is 1.30. The summed E-state index contributed by atoms with van der Waals surface area (Å²) in [5.74, 6) is 0.782. The molecule has 1 unspecified atom stereocenters. The first-order valence-corrected chi connectivity index (χ1v) is 6.77. The maximum absolute atomic E-state index is 3.55. The van der Waals surface area contributed by atoms with Gasteiger partial charge < -0.3 is 15.2 Å². The smallest absolute Gasteiger partial charge is 0.106 e. The van der Waals surface area contributed by atoms with E-state index in [2.05, 4.69) is 51.0 Å². The molecule has 0 aliphatic carbocycles. The average Bonchev–Trinajstić information content (AvgIpc) is 2.83. The van der Waals surface area contributed by atoms with Gasteiger partial charge in [0.15, 0.2) is 0 Å². The third-order valence-corrected chi connectivity index (χ3v) is 3.75. The minimum absolute atomic E-state index is 0.591. The average molecular weight is 286 g/mol. The molecule has 90 valence electrons. The summed E-state index contributed by atoms with van der Waals surface area (Å²) in [6.07, 6.45) is 3.27. The lowest BCUT2D eigenvalue weighted by molar-refractivity contribution is 0.480. The molecule has 0 amide bonds. The van der Waals surface area contributed by atoms with E-state index < -0.39 is 0 Å². The van der Waals surface area contributed by atoms with Crippen LogP contribution < -0.4 is 10.2 Å². The van der Waals surface area contributed by atoms with Gasteiger partial charge in [-0.2, -0.15) is 0 Å². The maximum Gasteiger partial charge on any atom is 0.106 e. The van der Waals surface area contributed by atoms with Crippen molar-refractivity contribution in [2.24, 2.45) is 5.92 Å². The number of aromatic nitrogens is 1. The molecule has 1 aliphatic rings. The van der Waals surface area contributed by atoms with Crippen LogP contribution in [0, 0.1) is 5.92 Å². The van der Waals surface area contributed by atoms with E-state index in [-0.39, 0.29) is 0 Å². The molecule has 3 nitrogen and oxygen atoms in total. The highest BCUT2D eigenvalue weighted by atomic mass is 79.9. The van der Waals surface area contributed by atoms with Gasteiger partial charge >= 0.3 is 0 Å². The van der Waals surface area contributed by atoms with Crippen LogP contribution >= 0.6 is 15.9 Å². The van der Waals surface area contributed by atoms with Gasteiger partial charge in [0.05, 0.1) is 5.69 Å². The number of aromatic amines is 1. The van der Waals surface area contributed by atoms with Crippen LogP contribution in [0.25, 0.3) is 0 Å². The normalized spacial score (nSPS) is 21.0. The van der Waals surface area contributed by atoms with Gasteiger partial charge in [0.25, 0.3) is 0 Å². The predicted molar refractivity (Wildman–Crippen MR) is 72.0 cm³/mol. The van der Waals surface area contributed by atoms with Gasteiger partial charge in [-0.15, -0.1) is 0 Å². The number of nitrogens with zero attached hydrogens (tertiary/aromatic N) is 1. The van der Waals surface area contributed by atoms with Crippen molar-refractivity contribution in [3.05, 3.63) is 16.9 Å². The Bertz CT molecular complexity index is 335. The van der Waals surface area contributed by atoms with Gasteiger partial charge in [0, 0.05) is 25.3 Å². The van der Waals surface area contributed by atoms with Crippen molar-refractivity contribution >= 4 is 21.6 Å². The Kier molecular flexibility index (Phi) is 3.92. The molecule has 0 saturated carbocycles. The Hall–Kier alpha value is -0.480. The van der Waals surface area contributed by atoms with E-state index in [1.807, 2.05) is 6.20 Å². The van der Waals surface area contributed by atoms with Crippen molar-refractivity contribution in [1.82, 2.24) is 10.3 Å². The quantitative estimate of drug-likeness (QED) is 0.891. The number of anilines is 1. The van der Waals surface area contributed by atoms with Crippen molar-refractivity contribution in [3.63, 3.8) is 0 Å². The third kappa shape index (κ3) is 2.80. The molecule has 0 radical (unpaired) electrons. The first-order chi connectivity index (χ1) is 7.66. The summed E-state index contributed by atoms with van der Waals surface area (Å²) in [6.45, 7) is 7.87. The van der Waals surface area contributed by atoms with Crippen molar-refractivity contribution in [1.29, 1.82) is 0 Å². The minimum atomic E-state index is 0.591. The molecular weight excluding hydrogens is 266 g/mol. The molecule has 2 heterocycles. The molecule has 0 bridgehead atoms. The van der Waals surface area contributed by atoms with Gasteiger partial charge in [0.2, 0.25) is 0 Å². The highest BCUT2D eigenvalue weighted by Gasteiger charge is 2.24. The second-order valence-electron chi connectivity index (χ2n) is 4.84. The Balaban J connectivity index is 1.86. The van der Waals surface area contributed by atoms with Crippen LogP contribution in [0.15, 0.2) is 16.9 Å². The van der Waals surface area contributed by atoms with Crippen LogP contribution in [0.3, 0.4) is 0 Å². The first-order valence-electron chi connectivity index (χ1n) is 5.98. The highest BCUT2D eigenvalue weighted by Crippen LogP contribution is 2.29. The number of hydrogen-bond donors (Lipinski definition) is 2. The predicted octanol–water partition coefficient (Wildman–Crippen LogP) is 2.60. The van der Waals surface area contributed by atoms with Crippen LogP contribution in [-0.4, -0.2) is 30.7 Å². The van der Waals surface area contributed by atoms with E-state index in [9.17, 15) is 0 Å². The van der Waals surface area contributed by atoms with Crippen LogP contribution in [0.4, 0.5) is 5.69 Å². The summed E-state index contributed by atoms with van der Waals surface area (Å²) < 4.78 is 1.10. The molecule has 1 aliphatic heterocycles. The van der Waals surface area contributed by atoms with E-state index in [0.29, 0.717) is 6.04 Å². The van der Waals surface area contributed by atoms with Crippen LogP contribution in [0.1, 0.15) is 20.3 Å². The fourth-order valence-electron chi connectivity index (χ4n) is 2.21. The summed E-state index contributed by atoms with van der Waals surface area (Å²) in [4.78, 5) is 5.62. The summed E-state index contributed by atoms with van der Waals surface area (Å²) in [7, 11) is 0. The lowest BCUT2D eigenvalue weighted by Gasteiger charge is -2.18. The van der Waals surface area contributed by atoms with E-state index in [4.69, 9.17) is 0 Å². The van der Waals surface area contributed by atoms with E-state index in [1.54, 1.807) is 0 Å². The Morgan fingerprint density at radius 1 is 1.62 bits per heavy atom. The van der Waals surface area contributed by atoms with Gasteiger partial charge in [-0.3, -0.25) is 0 Å². The first kappa shape index (κ1) is 12.0. The van der Waals surface area contributed by atoms with Gasteiger partial charge in [-0.1, -0.05) is 13.8 Å². The molecule has 16 heavy (non-hydrogen) atoms. The molecule has 1 atom stereocenters. The SMILES string of the molecule is CC(C)NCC1CCN(c2cc[nH]c2Br)C1. The molecular formula is C12H20BrN3. The fourth-order valence-corrected chi connectivity index (χ4v) is 2.72. The summed E-state index contributed by atoms with van der Waals surface area (Å²) in [5, 5.41) is 3.52. The van der Waals surface area contributed by atoms with Gasteiger partial charge in [-0.05, 0) is 40.9 Å². The molecule has 1 aromatic heterocycles. The standard InChI is InChI=1S/C12H20BrN3/c1-9(2)15-7-10-4-6-16(8-10)11-3-5-14-12(11)13/h3,5,9-10,14-15H,4,6-8H2,1-2H3. The lowest BCUT2D eigenvalue weighted by Crippen LogP contribution is -2.30. The second kappa shape index (κ2) is 5.23. The number of rotatable bonds is 4. The second-order valence-corrected chi connectivity index (χ2v) is 5.63. The zero-order valence-corrected chi connectivity index (χ0v) is 11.5. The van der Waals surface area contributed by atoms with Crippen LogP contribution in [0.5, 0.6) is 0 Å². The zero-order chi connectivity index (χ0) is 11.5. The minimum Gasteiger partial charge on any atom is -0.369 e. The molecule has 2 rings (SSSR count). The van der Waals surface area contributed by atoms with Crippen molar-refractivity contribution < 1.29 is 0 Å². The molecule has 1 saturated heterocycles. The Morgan fingerprint density at radius 2 is 2.44 bits per heavy atom. The number of nitrogens with one attached hydrogen (secondary N) is 2. The van der Waals surface area contributed by atoms with Crippen molar-refractivity contribution in [2.75, 3.05) is 24.5 Å². The summed E-state index contributed by atoms with van der Waals surface area (Å²) >= 11 is 3.55. The Morgan fingerprint density at radius 3 is 3.06 bits per heavy atom. The monoisotopic (exact) mass is 285 g/mol. The van der Waals surface area contributed by atoms with Crippen molar-refractivity contribution in [2.45, 2.75) is 26.3 Å². The molecule has 1 fully saturated rings. The van der Waals surface area contributed by atoms with Crippen LogP contribution in [-0.2, 0) is 0 Å².